The van der Waals surface area contributed by atoms with Crippen LogP contribution in [0.4, 0.5) is 0 Å². The molecule has 3 heterocycles. The number of nitrogens with zero attached hydrogens (tertiary/aromatic N) is 6. The molecule has 9 heteroatoms. The van der Waals surface area contributed by atoms with Crippen molar-refractivity contribution in [1.29, 1.82) is 0 Å². The molecule has 4 aromatic rings. The van der Waals surface area contributed by atoms with Crippen LogP contribution in [0.1, 0.15) is 5.69 Å². The molecule has 0 aliphatic carbocycles. The van der Waals surface area contributed by atoms with Crippen molar-refractivity contribution in [1.82, 2.24) is 29.6 Å². The molecule has 0 aliphatic rings. The van der Waals surface area contributed by atoms with Gasteiger partial charge in [0.2, 0.25) is 4.96 Å². The molecule has 0 aliphatic heterocycles. The average molecular weight is 365 g/mol. The second-order valence-corrected chi connectivity index (χ2v) is 6.82. The molecule has 0 atom stereocenters. The summed E-state index contributed by atoms with van der Waals surface area (Å²) in [5.41, 5.74) is 2.72. The van der Waals surface area contributed by atoms with E-state index in [4.69, 9.17) is 23.2 Å². The highest BCUT2D eigenvalue weighted by Crippen LogP contribution is 2.34. The zero-order valence-corrected chi connectivity index (χ0v) is 14.5. The van der Waals surface area contributed by atoms with Gasteiger partial charge in [-0.3, -0.25) is 4.68 Å². The Hall–Kier alpha value is -1.96. The first-order valence-corrected chi connectivity index (χ1v) is 8.28. The van der Waals surface area contributed by atoms with Crippen LogP contribution in [0.5, 0.6) is 0 Å². The lowest BCUT2D eigenvalue weighted by Crippen LogP contribution is -1.95. The van der Waals surface area contributed by atoms with E-state index in [0.717, 1.165) is 21.8 Å². The van der Waals surface area contributed by atoms with Gasteiger partial charge in [-0.25, -0.2) is 0 Å². The number of fused-ring (bicyclic) bond motifs is 1. The summed E-state index contributed by atoms with van der Waals surface area (Å²) < 4.78 is 3.51. The number of hydrogen-bond acceptors (Lipinski definition) is 5. The molecule has 0 saturated carbocycles. The van der Waals surface area contributed by atoms with Crippen molar-refractivity contribution in [2.24, 2.45) is 7.05 Å². The number of hydrogen-bond donors (Lipinski definition) is 0. The molecule has 0 saturated heterocycles. The van der Waals surface area contributed by atoms with E-state index in [2.05, 4.69) is 20.4 Å². The lowest BCUT2D eigenvalue weighted by Gasteiger charge is -2.00. The van der Waals surface area contributed by atoms with E-state index in [-0.39, 0.29) is 0 Å². The molecule has 0 bridgehead atoms. The summed E-state index contributed by atoms with van der Waals surface area (Å²) in [7, 11) is 1.89. The Morgan fingerprint density at radius 3 is 2.65 bits per heavy atom. The van der Waals surface area contributed by atoms with Gasteiger partial charge in [-0.15, -0.1) is 10.2 Å². The second kappa shape index (κ2) is 5.30. The van der Waals surface area contributed by atoms with E-state index in [9.17, 15) is 0 Å². The van der Waals surface area contributed by atoms with E-state index in [1.54, 1.807) is 27.5 Å². The summed E-state index contributed by atoms with van der Waals surface area (Å²) in [5, 5.41) is 19.2. The van der Waals surface area contributed by atoms with Gasteiger partial charge in [-0.2, -0.15) is 14.7 Å². The lowest BCUT2D eigenvalue weighted by molar-refractivity contribution is 0.740. The first-order valence-electron chi connectivity index (χ1n) is 6.71. The van der Waals surface area contributed by atoms with Crippen LogP contribution < -0.4 is 0 Å². The van der Waals surface area contributed by atoms with E-state index in [1.165, 1.54) is 11.3 Å². The number of rotatable bonds is 2. The molecule has 1 aromatic carbocycles. The SMILES string of the molecule is Cc1c(-c2nnc3sc(-c4ccc(Cl)cc4Cl)nn23)cnn1C. The smallest absolute Gasteiger partial charge is 0.235 e. The van der Waals surface area contributed by atoms with Crippen LogP contribution in [0.15, 0.2) is 24.4 Å². The molecule has 0 N–H and O–H groups in total. The Kier molecular flexibility index (Phi) is 3.37. The first-order chi connectivity index (χ1) is 11.0. The predicted molar refractivity (Wildman–Crippen MR) is 91.1 cm³/mol. The molecule has 0 unspecified atom stereocenters. The van der Waals surface area contributed by atoms with Gasteiger partial charge in [0.1, 0.15) is 5.01 Å². The van der Waals surface area contributed by atoms with Gasteiger partial charge in [0.25, 0.3) is 0 Å². The predicted octanol–water partition coefficient (Wildman–Crippen LogP) is 3.87. The normalized spacial score (nSPS) is 11.5. The highest BCUT2D eigenvalue weighted by Gasteiger charge is 2.18. The second-order valence-electron chi connectivity index (χ2n) is 5.02. The van der Waals surface area contributed by atoms with Crippen molar-refractivity contribution in [3.63, 3.8) is 0 Å². The third-order valence-electron chi connectivity index (χ3n) is 3.63. The van der Waals surface area contributed by atoms with Crippen LogP contribution in [0.2, 0.25) is 10.0 Å². The van der Waals surface area contributed by atoms with Gasteiger partial charge in [0.05, 0.1) is 16.8 Å². The molecule has 23 heavy (non-hydrogen) atoms. The Balaban J connectivity index is 1.88. The van der Waals surface area contributed by atoms with E-state index >= 15 is 0 Å². The summed E-state index contributed by atoms with van der Waals surface area (Å²) in [6, 6.07) is 5.34. The summed E-state index contributed by atoms with van der Waals surface area (Å²) in [6.45, 7) is 1.98. The summed E-state index contributed by atoms with van der Waals surface area (Å²) in [6.07, 6.45) is 1.76. The maximum atomic E-state index is 6.27. The first kappa shape index (κ1) is 14.6. The quantitative estimate of drug-likeness (QED) is 0.541. The third-order valence-corrected chi connectivity index (χ3v) is 5.11. The molecular weight excluding hydrogens is 355 g/mol. The maximum Gasteiger partial charge on any atom is 0.235 e. The average Bonchev–Trinajstić information content (AvgIpc) is 3.16. The fourth-order valence-corrected chi connectivity index (χ4v) is 3.71. The highest BCUT2D eigenvalue weighted by atomic mass is 35.5. The number of aryl methyl sites for hydroxylation is 1. The van der Waals surface area contributed by atoms with Crippen LogP contribution in [0, 0.1) is 6.92 Å². The van der Waals surface area contributed by atoms with E-state index in [0.29, 0.717) is 20.8 Å². The Morgan fingerprint density at radius 2 is 1.96 bits per heavy atom. The zero-order valence-electron chi connectivity index (χ0n) is 12.2. The summed E-state index contributed by atoms with van der Waals surface area (Å²) >= 11 is 13.6. The standard InChI is InChI=1S/C14H10Cl2N6S/c1-7-10(6-17-21(7)2)12-18-19-14-22(12)20-13(23-14)9-4-3-8(15)5-11(9)16/h3-6H,1-2H3. The van der Waals surface area contributed by atoms with Gasteiger partial charge in [0, 0.05) is 23.3 Å². The largest absolute Gasteiger partial charge is 0.272 e. The fraction of sp³-hybridized carbons (Fsp3) is 0.143. The van der Waals surface area contributed by atoms with Crippen LogP contribution in [-0.2, 0) is 7.05 Å². The van der Waals surface area contributed by atoms with Crippen molar-refractivity contribution in [3.05, 3.63) is 40.1 Å². The van der Waals surface area contributed by atoms with Crippen molar-refractivity contribution < 1.29 is 0 Å². The molecule has 0 radical (unpaired) electrons. The molecular formula is C14H10Cl2N6S. The van der Waals surface area contributed by atoms with Gasteiger partial charge in [-0.1, -0.05) is 34.5 Å². The molecule has 0 fully saturated rings. The van der Waals surface area contributed by atoms with E-state index < -0.39 is 0 Å². The Labute approximate surface area is 145 Å². The molecule has 3 aromatic heterocycles. The topological polar surface area (TPSA) is 60.9 Å². The Bertz CT molecular complexity index is 1030. The molecule has 4 rings (SSSR count). The van der Waals surface area contributed by atoms with Crippen LogP contribution in [0.25, 0.3) is 26.9 Å². The maximum absolute atomic E-state index is 6.27. The molecule has 0 spiro atoms. The Morgan fingerprint density at radius 1 is 1.13 bits per heavy atom. The van der Waals surface area contributed by atoms with Crippen LogP contribution >= 0.6 is 34.5 Å². The van der Waals surface area contributed by atoms with Crippen molar-refractivity contribution >= 4 is 39.5 Å². The van der Waals surface area contributed by atoms with Gasteiger partial charge in [0.15, 0.2) is 5.82 Å². The zero-order chi connectivity index (χ0) is 16.1. The summed E-state index contributed by atoms with van der Waals surface area (Å²) in [5.74, 6) is 0.665. The molecule has 0 amide bonds. The van der Waals surface area contributed by atoms with Crippen molar-refractivity contribution in [2.75, 3.05) is 0 Å². The van der Waals surface area contributed by atoms with Crippen LogP contribution in [0.3, 0.4) is 0 Å². The minimum absolute atomic E-state index is 0.557. The highest BCUT2D eigenvalue weighted by molar-refractivity contribution is 7.19. The minimum atomic E-state index is 0.557. The van der Waals surface area contributed by atoms with Crippen molar-refractivity contribution in [3.8, 4) is 22.0 Å². The van der Waals surface area contributed by atoms with Crippen molar-refractivity contribution in [2.45, 2.75) is 6.92 Å². The monoisotopic (exact) mass is 364 g/mol. The number of aromatic nitrogens is 6. The number of halogens is 2. The van der Waals surface area contributed by atoms with Gasteiger partial charge >= 0.3 is 0 Å². The molecule has 6 nitrogen and oxygen atoms in total. The van der Waals surface area contributed by atoms with Gasteiger partial charge < -0.3 is 0 Å². The van der Waals surface area contributed by atoms with E-state index in [1.807, 2.05) is 20.0 Å². The van der Waals surface area contributed by atoms with Crippen LogP contribution in [-0.4, -0.2) is 29.6 Å². The minimum Gasteiger partial charge on any atom is -0.272 e. The van der Waals surface area contributed by atoms with Gasteiger partial charge in [-0.05, 0) is 25.1 Å². The number of benzene rings is 1. The third kappa shape index (κ3) is 2.32. The molecule has 116 valence electrons. The summed E-state index contributed by atoms with van der Waals surface area (Å²) in [4.78, 5) is 0.698. The fourth-order valence-electron chi connectivity index (χ4n) is 2.27. The lowest BCUT2D eigenvalue weighted by atomic mass is 10.2.